The number of amides is 1. The summed E-state index contributed by atoms with van der Waals surface area (Å²) in [6, 6.07) is 0. The highest BCUT2D eigenvalue weighted by Gasteiger charge is 1.96. The zero-order valence-corrected chi connectivity index (χ0v) is 10.7. The third kappa shape index (κ3) is 11.3. The second kappa shape index (κ2) is 12.3. The Morgan fingerprint density at radius 3 is 2.44 bits per heavy atom. The van der Waals surface area contributed by atoms with E-state index in [9.17, 15) is 4.79 Å². The van der Waals surface area contributed by atoms with Crippen LogP contribution in [0.25, 0.3) is 0 Å². The van der Waals surface area contributed by atoms with Crippen LogP contribution in [0.15, 0.2) is 0 Å². The van der Waals surface area contributed by atoms with Crippen LogP contribution in [0.3, 0.4) is 0 Å². The molecule has 0 aromatic rings. The Labute approximate surface area is 99.1 Å². The summed E-state index contributed by atoms with van der Waals surface area (Å²) in [7, 11) is 1.57. The van der Waals surface area contributed by atoms with Crippen molar-refractivity contribution in [2.75, 3.05) is 26.7 Å². The van der Waals surface area contributed by atoms with Gasteiger partial charge in [-0.15, -0.1) is 0 Å². The van der Waals surface area contributed by atoms with E-state index in [-0.39, 0.29) is 6.09 Å². The van der Waals surface area contributed by atoms with Crippen LogP contribution in [-0.4, -0.2) is 32.8 Å². The molecule has 0 aliphatic heterocycles. The van der Waals surface area contributed by atoms with Crippen LogP contribution in [0.2, 0.25) is 0 Å². The van der Waals surface area contributed by atoms with Crippen molar-refractivity contribution < 1.29 is 9.53 Å². The lowest BCUT2D eigenvalue weighted by Gasteiger charge is -2.05. The van der Waals surface area contributed by atoms with Crippen LogP contribution < -0.4 is 10.6 Å². The molecule has 0 atom stereocenters. The molecule has 0 aromatic carbocycles. The average molecular weight is 230 g/mol. The van der Waals surface area contributed by atoms with Crippen molar-refractivity contribution >= 4 is 6.09 Å². The van der Waals surface area contributed by atoms with Gasteiger partial charge in [0, 0.05) is 7.05 Å². The molecule has 0 spiro atoms. The zero-order valence-electron chi connectivity index (χ0n) is 10.7. The molecular weight excluding hydrogens is 204 g/mol. The van der Waals surface area contributed by atoms with Crippen molar-refractivity contribution in [2.24, 2.45) is 0 Å². The van der Waals surface area contributed by atoms with Gasteiger partial charge in [-0.3, -0.25) is 0 Å². The minimum absolute atomic E-state index is 0.332. The van der Waals surface area contributed by atoms with Gasteiger partial charge in [-0.1, -0.05) is 26.2 Å². The van der Waals surface area contributed by atoms with Crippen LogP contribution in [0.4, 0.5) is 4.79 Å². The number of carbonyl (C=O) groups excluding carboxylic acids is 1. The van der Waals surface area contributed by atoms with Crippen molar-refractivity contribution in [1.82, 2.24) is 10.6 Å². The highest BCUT2D eigenvalue weighted by molar-refractivity contribution is 5.66. The van der Waals surface area contributed by atoms with E-state index in [1.807, 2.05) is 0 Å². The second-order valence-corrected chi connectivity index (χ2v) is 3.90. The van der Waals surface area contributed by atoms with E-state index >= 15 is 0 Å². The lowest BCUT2D eigenvalue weighted by Crippen LogP contribution is -2.19. The molecule has 96 valence electrons. The summed E-state index contributed by atoms with van der Waals surface area (Å²) in [4.78, 5) is 10.7. The molecule has 0 heterocycles. The summed E-state index contributed by atoms with van der Waals surface area (Å²) in [5.74, 6) is 0. The Hall–Kier alpha value is -0.770. The van der Waals surface area contributed by atoms with Gasteiger partial charge >= 0.3 is 6.09 Å². The average Bonchev–Trinajstić information content (AvgIpc) is 2.31. The number of rotatable bonds is 10. The van der Waals surface area contributed by atoms with Gasteiger partial charge < -0.3 is 15.4 Å². The van der Waals surface area contributed by atoms with E-state index in [1.165, 1.54) is 25.7 Å². The molecular formula is C12H26N2O2. The lowest BCUT2D eigenvalue weighted by atomic mass is 10.2. The summed E-state index contributed by atoms with van der Waals surface area (Å²) in [5, 5.41) is 5.83. The quantitative estimate of drug-likeness (QED) is 0.566. The Morgan fingerprint density at radius 1 is 1.06 bits per heavy atom. The number of hydrogen-bond donors (Lipinski definition) is 2. The first-order valence-corrected chi connectivity index (χ1v) is 6.36. The molecule has 0 aromatic heterocycles. The molecule has 1 amide bonds. The topological polar surface area (TPSA) is 50.4 Å². The van der Waals surface area contributed by atoms with Crippen molar-refractivity contribution in [3.05, 3.63) is 0 Å². The molecule has 16 heavy (non-hydrogen) atoms. The Bertz CT molecular complexity index is 163. The fourth-order valence-electron chi connectivity index (χ4n) is 1.37. The maximum absolute atomic E-state index is 10.7. The van der Waals surface area contributed by atoms with E-state index in [2.05, 4.69) is 17.6 Å². The van der Waals surface area contributed by atoms with Crippen molar-refractivity contribution in [3.63, 3.8) is 0 Å². The molecule has 0 bridgehead atoms. The first-order valence-electron chi connectivity index (χ1n) is 6.36. The van der Waals surface area contributed by atoms with Gasteiger partial charge in [0.15, 0.2) is 0 Å². The van der Waals surface area contributed by atoms with Gasteiger partial charge in [0.25, 0.3) is 0 Å². The fourth-order valence-corrected chi connectivity index (χ4v) is 1.37. The third-order valence-electron chi connectivity index (χ3n) is 2.39. The van der Waals surface area contributed by atoms with Gasteiger partial charge in [-0.05, 0) is 32.4 Å². The summed E-state index contributed by atoms with van der Waals surface area (Å²) < 4.78 is 4.89. The van der Waals surface area contributed by atoms with E-state index in [0.29, 0.717) is 6.61 Å². The van der Waals surface area contributed by atoms with Gasteiger partial charge in [0.2, 0.25) is 0 Å². The highest BCUT2D eigenvalue weighted by atomic mass is 16.5. The number of carbonyl (C=O) groups is 1. The van der Waals surface area contributed by atoms with E-state index in [0.717, 1.165) is 25.9 Å². The summed E-state index contributed by atoms with van der Waals surface area (Å²) >= 11 is 0. The van der Waals surface area contributed by atoms with E-state index in [1.54, 1.807) is 7.05 Å². The maximum atomic E-state index is 10.7. The zero-order chi connectivity index (χ0) is 12.1. The minimum atomic E-state index is -0.332. The number of hydrogen-bond acceptors (Lipinski definition) is 3. The molecule has 0 aliphatic rings. The molecule has 0 unspecified atom stereocenters. The fraction of sp³-hybridized carbons (Fsp3) is 0.917. The van der Waals surface area contributed by atoms with Gasteiger partial charge in [0.05, 0.1) is 6.61 Å². The molecule has 0 saturated carbocycles. The first-order chi connectivity index (χ1) is 7.81. The summed E-state index contributed by atoms with van der Waals surface area (Å²) in [5.41, 5.74) is 0. The largest absolute Gasteiger partial charge is 0.450 e. The van der Waals surface area contributed by atoms with Gasteiger partial charge in [-0.2, -0.15) is 0 Å². The van der Waals surface area contributed by atoms with E-state index in [4.69, 9.17) is 4.74 Å². The predicted octanol–water partition coefficient (Wildman–Crippen LogP) is 2.29. The summed E-state index contributed by atoms with van der Waals surface area (Å²) in [6.07, 6.45) is 6.69. The maximum Gasteiger partial charge on any atom is 0.406 e. The second-order valence-electron chi connectivity index (χ2n) is 3.90. The standard InChI is InChI=1S/C12H26N2O2/c1-3-4-9-14-10-7-5-6-8-11-16-12(15)13-2/h14H,3-11H2,1-2H3,(H,13,15). The number of nitrogens with one attached hydrogen (secondary N) is 2. The van der Waals surface area contributed by atoms with Gasteiger partial charge in [-0.25, -0.2) is 4.79 Å². The molecule has 0 aliphatic carbocycles. The van der Waals surface area contributed by atoms with E-state index < -0.39 is 0 Å². The predicted molar refractivity (Wildman–Crippen MR) is 66.7 cm³/mol. The molecule has 0 rings (SSSR count). The van der Waals surface area contributed by atoms with Crippen molar-refractivity contribution in [1.29, 1.82) is 0 Å². The number of alkyl carbamates (subject to hydrolysis) is 1. The summed E-state index contributed by atoms with van der Waals surface area (Å²) in [6.45, 7) is 4.98. The highest BCUT2D eigenvalue weighted by Crippen LogP contribution is 1.99. The SMILES string of the molecule is CCCCNCCCCCCOC(=O)NC. The molecule has 0 radical (unpaired) electrons. The van der Waals surface area contributed by atoms with Crippen molar-refractivity contribution in [3.8, 4) is 0 Å². The number of ether oxygens (including phenoxy) is 1. The van der Waals surface area contributed by atoms with Gasteiger partial charge in [0.1, 0.15) is 0 Å². The Morgan fingerprint density at radius 2 is 1.75 bits per heavy atom. The normalized spacial score (nSPS) is 10.1. The monoisotopic (exact) mass is 230 g/mol. The van der Waals surface area contributed by atoms with Crippen molar-refractivity contribution in [2.45, 2.75) is 45.4 Å². The molecule has 4 heteroatoms. The lowest BCUT2D eigenvalue weighted by molar-refractivity contribution is 0.146. The van der Waals surface area contributed by atoms with Crippen LogP contribution in [0, 0.1) is 0 Å². The number of unbranched alkanes of at least 4 members (excludes halogenated alkanes) is 4. The Balaban J connectivity index is 2.96. The third-order valence-corrected chi connectivity index (χ3v) is 2.39. The molecule has 0 saturated heterocycles. The van der Waals surface area contributed by atoms with Crippen LogP contribution >= 0.6 is 0 Å². The van der Waals surface area contributed by atoms with Crippen LogP contribution in [0.1, 0.15) is 45.4 Å². The molecule has 0 fully saturated rings. The molecule has 4 nitrogen and oxygen atoms in total. The minimum Gasteiger partial charge on any atom is -0.450 e. The van der Waals surface area contributed by atoms with Crippen LogP contribution in [-0.2, 0) is 4.74 Å². The smallest absolute Gasteiger partial charge is 0.406 e. The van der Waals surface area contributed by atoms with Crippen LogP contribution in [0.5, 0.6) is 0 Å². The first kappa shape index (κ1) is 15.2. The molecule has 2 N–H and O–H groups in total. The Kier molecular flexibility index (Phi) is 11.7.